The second-order valence-electron chi connectivity index (χ2n) is 34.6. The van der Waals surface area contributed by atoms with Gasteiger partial charge in [0.1, 0.15) is 35.4 Å². The number of amides is 11. The Bertz CT molecular complexity index is 6160. The first-order chi connectivity index (χ1) is 65.4. The Morgan fingerprint density at radius 2 is 0.852 bits per heavy atom. The number of halogens is 4. The van der Waals surface area contributed by atoms with Gasteiger partial charge < -0.3 is 66.5 Å². The molecular weight excluding hydrogens is 1750 g/mol. The summed E-state index contributed by atoms with van der Waals surface area (Å²) in [6, 6.07) is 37.8. The number of aromatic amines is 2. The number of rotatable bonds is 30. The summed E-state index contributed by atoms with van der Waals surface area (Å²) in [5, 5.41) is 52.0. The number of aliphatic carboxylic acids is 1. The van der Waals surface area contributed by atoms with Crippen LogP contribution in [0.1, 0.15) is 187 Å². The van der Waals surface area contributed by atoms with Gasteiger partial charge in [0.15, 0.2) is 11.6 Å². The molecule has 8 aliphatic heterocycles. The third kappa shape index (κ3) is 23.1. The van der Waals surface area contributed by atoms with Crippen molar-refractivity contribution in [3.63, 3.8) is 0 Å². The Balaban J connectivity index is 0.000000164. The fourth-order valence-corrected chi connectivity index (χ4v) is 18.1. The lowest BCUT2D eigenvalue weighted by Crippen LogP contribution is -2.54. The molecule has 33 nitrogen and oxygen atoms in total. The standard InChI is InChI=1S/C49H51F2N9O7.C30H32F2N6O2.C19H21N3O6/c50-31-23-30(24-32(51)26-31)22-29-5-10-40-39(25-29)45(57-56-40)55-46(63)37-9-7-35(28-41(37)53-33-13-20-67-21-14-33)58-16-18-59(19-17-58)44(62)4-2-1-3-15-52-34-6-8-36-38(27-34)49(66)60(48(36)65)42-11-12-43(61)54-47(42)64;31-21-14-20(15-22(32)17-21)13-19-1-4-27-26(16-19)29(37-36-27)35-30(39)25-3-2-24(38-9-7-33-8-10-38)18-28(25)34-23-5-11-40-12-6-23;23-15-8-7-14(17(26)21-15)22-18(27)12-6-5-11(10-13(12)19(22)28)20-9-3-1-2-4-16(24)25/h5-10,23-28,33,42,52-53H,1-4,11-22H2,(H,54,61,64)(H2,55,56,57,63);1-4,14-18,23,33-34H,5-13H2,(H2,35,36,37,39);5-6,10,14,20H,1-4,7-9H2,(H,24,25)(H,21,23,26). The average molecular weight is 1850 g/mol. The van der Waals surface area contributed by atoms with E-state index in [0.717, 1.165) is 145 Å². The van der Waals surface area contributed by atoms with E-state index in [1.54, 1.807) is 42.5 Å². The van der Waals surface area contributed by atoms with Crippen LogP contribution in [-0.4, -0.2) is 227 Å². The highest BCUT2D eigenvalue weighted by Gasteiger charge is 2.47. The number of carbonyl (C=O) groups excluding carboxylic acids is 11. The van der Waals surface area contributed by atoms with Crippen LogP contribution in [0, 0.1) is 23.3 Å². The van der Waals surface area contributed by atoms with Crippen LogP contribution >= 0.6 is 0 Å². The summed E-state index contributed by atoms with van der Waals surface area (Å²) in [6.07, 6.45) is 9.36. The van der Waals surface area contributed by atoms with E-state index in [0.29, 0.717) is 153 Å². The van der Waals surface area contributed by atoms with Crippen molar-refractivity contribution in [2.24, 2.45) is 0 Å². The molecule has 37 heteroatoms. The Hall–Kier alpha value is -14.5. The van der Waals surface area contributed by atoms with Crippen molar-refractivity contribution < 1.29 is 89.7 Å². The van der Waals surface area contributed by atoms with Gasteiger partial charge in [0, 0.05) is 187 Å². The topological polar surface area (TPSA) is 425 Å². The molecule has 2 atom stereocenters. The number of carbonyl (C=O) groups is 12. The highest BCUT2D eigenvalue weighted by molar-refractivity contribution is 6.25. The van der Waals surface area contributed by atoms with Gasteiger partial charge in [-0.05, 0) is 221 Å². The molecule has 0 saturated carbocycles. The number of hydrogen-bond acceptors (Lipinski definition) is 23. The first-order valence-electron chi connectivity index (χ1n) is 45.7. The van der Waals surface area contributed by atoms with Gasteiger partial charge in [-0.25, -0.2) is 17.6 Å². The number of benzene rings is 8. The van der Waals surface area contributed by atoms with Crippen LogP contribution in [0.4, 0.5) is 63.3 Å². The lowest BCUT2D eigenvalue weighted by molar-refractivity contribution is -0.138. The molecule has 8 aliphatic rings. The van der Waals surface area contributed by atoms with Crippen LogP contribution in [0.25, 0.3) is 21.8 Å². The highest BCUT2D eigenvalue weighted by atomic mass is 19.1. The number of piperidine rings is 2. The SMILES string of the molecule is O=C(Nc1n[nH]c2ccc(Cc3cc(F)cc(F)c3)cc12)c1ccc(N2CCNCC2)cc1NC1CCOCC1.O=C(O)CCCCCNc1ccc2c(c1)C(=O)N(C1CCC(=O)NC1=O)C2=O.O=C1CCC(N2C(=O)c3ccc(NCCCCCC(=O)N4CCN(c5ccc(C(=O)Nc6n[nH]c7ccc(Cc8cc(F)cc(F)c8)cc67)c(NC6CCOCC6)c5)CC4)cc3C2=O)C(=O)N1. The van der Waals surface area contributed by atoms with Gasteiger partial charge in [0.05, 0.1) is 44.4 Å². The van der Waals surface area contributed by atoms with Crippen LogP contribution in [0.3, 0.4) is 0 Å². The third-order valence-corrected chi connectivity index (χ3v) is 25.2. The van der Waals surface area contributed by atoms with Gasteiger partial charge in [0.2, 0.25) is 29.5 Å². The summed E-state index contributed by atoms with van der Waals surface area (Å²) < 4.78 is 66.3. The molecule has 12 N–H and O–H groups in total. The van der Waals surface area contributed by atoms with Crippen LogP contribution in [0.15, 0.2) is 146 Å². The van der Waals surface area contributed by atoms with E-state index in [1.807, 2.05) is 65.6 Å². The maximum absolute atomic E-state index is 14.0. The minimum Gasteiger partial charge on any atom is -0.481 e. The summed E-state index contributed by atoms with van der Waals surface area (Å²) in [5.41, 5.74) is 10.8. The number of anilines is 8. The number of unbranched alkanes of at least 4 members (excludes halogenated alkanes) is 4. The highest BCUT2D eigenvalue weighted by Crippen LogP contribution is 2.37. The Morgan fingerprint density at radius 1 is 0.430 bits per heavy atom. The molecule has 6 saturated heterocycles. The molecule has 6 fully saturated rings. The number of fused-ring (bicyclic) bond motifs is 4. The summed E-state index contributed by atoms with van der Waals surface area (Å²) in [7, 11) is 0. The normalized spacial score (nSPS) is 17.6. The van der Waals surface area contributed by atoms with E-state index >= 15 is 0 Å². The lowest BCUT2D eigenvalue weighted by atomic mass is 10.0. The predicted octanol–water partition coefficient (Wildman–Crippen LogP) is 11.8. The van der Waals surface area contributed by atoms with E-state index in [2.05, 4.69) is 84.1 Å². The van der Waals surface area contributed by atoms with Crippen molar-refractivity contribution >= 4 is 139 Å². The maximum Gasteiger partial charge on any atom is 0.303 e. The van der Waals surface area contributed by atoms with Crippen molar-refractivity contribution in [1.29, 1.82) is 0 Å². The molecule has 11 amide bonds. The smallest absolute Gasteiger partial charge is 0.303 e. The lowest BCUT2D eigenvalue weighted by Gasteiger charge is -2.36. The number of aromatic nitrogens is 4. The first-order valence-corrected chi connectivity index (χ1v) is 45.7. The summed E-state index contributed by atoms with van der Waals surface area (Å²) in [4.78, 5) is 158. The van der Waals surface area contributed by atoms with E-state index in [-0.39, 0.29) is 84.2 Å². The number of piperazine rings is 2. The molecule has 18 rings (SSSR count). The molecule has 0 bridgehead atoms. The summed E-state index contributed by atoms with van der Waals surface area (Å²) in [5.74, 6) is -7.39. The van der Waals surface area contributed by atoms with Crippen molar-refractivity contribution in [1.82, 2.24) is 51.0 Å². The fraction of sp³-hybridized carbons (Fsp3) is 0.367. The molecular formula is C98H104F4N18O15. The molecule has 10 heterocycles. The van der Waals surface area contributed by atoms with Gasteiger partial charge in [-0.15, -0.1) is 0 Å². The quantitative estimate of drug-likeness (QED) is 0.0113. The third-order valence-electron chi connectivity index (χ3n) is 25.2. The molecule has 0 radical (unpaired) electrons. The minimum absolute atomic E-state index is 0.0575. The number of carboxylic acid groups (broad SMARTS) is 1. The zero-order chi connectivity index (χ0) is 94.3. The number of imide groups is 4. The van der Waals surface area contributed by atoms with Crippen LogP contribution in [0.5, 0.6) is 0 Å². The largest absolute Gasteiger partial charge is 0.481 e. The van der Waals surface area contributed by atoms with Gasteiger partial charge in [-0.1, -0.05) is 25.0 Å². The van der Waals surface area contributed by atoms with Crippen molar-refractivity contribution in [2.75, 3.05) is 134 Å². The van der Waals surface area contributed by atoms with Crippen molar-refractivity contribution in [3.05, 3.63) is 224 Å². The fourth-order valence-electron chi connectivity index (χ4n) is 18.1. The van der Waals surface area contributed by atoms with Crippen molar-refractivity contribution in [2.45, 2.75) is 140 Å². The monoisotopic (exact) mass is 1850 g/mol. The molecule has 2 aromatic heterocycles. The number of ether oxygens (including phenoxy) is 2. The van der Waals surface area contributed by atoms with E-state index in [1.165, 1.54) is 24.3 Å². The maximum atomic E-state index is 14.0. The number of hydrogen-bond donors (Lipinski definition) is 12. The van der Waals surface area contributed by atoms with Crippen LogP contribution < -0.4 is 57.7 Å². The van der Waals surface area contributed by atoms with Gasteiger partial charge in [0.25, 0.3) is 35.4 Å². The molecule has 135 heavy (non-hydrogen) atoms. The zero-order valence-corrected chi connectivity index (χ0v) is 74.1. The van der Waals surface area contributed by atoms with Gasteiger partial charge >= 0.3 is 5.97 Å². The Morgan fingerprint density at radius 3 is 1.28 bits per heavy atom. The average Bonchev–Trinajstić information content (AvgIpc) is 1.62. The van der Waals surface area contributed by atoms with E-state index in [4.69, 9.17) is 14.6 Å². The van der Waals surface area contributed by atoms with Crippen molar-refractivity contribution in [3.8, 4) is 0 Å². The van der Waals surface area contributed by atoms with Gasteiger partial charge in [-0.2, -0.15) is 10.2 Å². The zero-order valence-electron chi connectivity index (χ0n) is 74.1. The second kappa shape index (κ2) is 43.0. The Kier molecular flexibility index (Phi) is 29.9. The van der Waals surface area contributed by atoms with Crippen LogP contribution in [-0.2, 0) is 51.1 Å². The first kappa shape index (κ1) is 93.8. The van der Waals surface area contributed by atoms with E-state index < -0.39 is 88.6 Å². The predicted molar refractivity (Wildman–Crippen MR) is 496 cm³/mol. The molecule has 2 unspecified atom stereocenters. The number of nitrogens with zero attached hydrogens (tertiary/aromatic N) is 7. The number of H-pyrrole nitrogens is 2. The summed E-state index contributed by atoms with van der Waals surface area (Å²) in [6.45, 7) is 9.88. The Labute approximate surface area is 773 Å². The number of carboxylic acids is 1. The minimum atomic E-state index is -1.02. The molecule has 0 spiro atoms. The summed E-state index contributed by atoms with van der Waals surface area (Å²) >= 11 is 0. The van der Waals surface area contributed by atoms with Gasteiger partial charge in [-0.3, -0.25) is 88.2 Å². The molecule has 704 valence electrons. The number of nitrogens with one attached hydrogen (secondary N) is 11. The molecule has 0 aliphatic carbocycles. The van der Waals surface area contributed by atoms with Crippen LogP contribution in [0.2, 0.25) is 0 Å². The molecule has 8 aromatic carbocycles. The van der Waals surface area contributed by atoms with E-state index in [9.17, 15) is 75.1 Å². The second-order valence-corrected chi connectivity index (χ2v) is 34.6. The molecule has 10 aromatic rings.